The number of aliphatic carboxylic acids is 1. The van der Waals surface area contributed by atoms with Crippen LogP contribution in [0.5, 0.6) is 0 Å². The summed E-state index contributed by atoms with van der Waals surface area (Å²) < 4.78 is 18.7. The molecule has 1 aromatic carbocycles. The van der Waals surface area contributed by atoms with Crippen molar-refractivity contribution < 1.29 is 19.0 Å². The minimum Gasteiger partial charge on any atom is -0.481 e. The van der Waals surface area contributed by atoms with Crippen LogP contribution in [0.2, 0.25) is 0 Å². The van der Waals surface area contributed by atoms with E-state index < -0.39 is 23.2 Å². The fourth-order valence-corrected chi connectivity index (χ4v) is 2.17. The van der Waals surface area contributed by atoms with E-state index in [2.05, 4.69) is 5.32 Å². The van der Waals surface area contributed by atoms with Crippen molar-refractivity contribution in [2.45, 2.75) is 6.04 Å². The van der Waals surface area contributed by atoms with Gasteiger partial charge in [-0.2, -0.15) is 0 Å². The Morgan fingerprint density at radius 3 is 2.59 bits per heavy atom. The number of halogens is 1. The van der Waals surface area contributed by atoms with Crippen molar-refractivity contribution in [1.29, 1.82) is 0 Å². The third-order valence-corrected chi connectivity index (χ3v) is 3.20. The first kappa shape index (κ1) is 12.0. The molecule has 0 radical (unpaired) electrons. The lowest BCUT2D eigenvalue weighted by Gasteiger charge is -2.43. The van der Waals surface area contributed by atoms with Crippen LogP contribution in [0.3, 0.4) is 0 Å². The largest absolute Gasteiger partial charge is 0.481 e. The Balaban J connectivity index is 2.40. The van der Waals surface area contributed by atoms with E-state index in [4.69, 9.17) is 4.74 Å². The minimum atomic E-state index is -1.07. The molecular formula is C12H14FNO3. The summed E-state index contributed by atoms with van der Waals surface area (Å²) >= 11 is 0. The lowest BCUT2D eigenvalue weighted by molar-refractivity contribution is -0.186. The number of carbonyl (C=O) groups is 1. The molecule has 0 saturated carbocycles. The SMILES string of the molecule is CNC(c1ccccc1F)C1(C(=O)O)COC1. The summed E-state index contributed by atoms with van der Waals surface area (Å²) in [5.74, 6) is -1.37. The zero-order valence-corrected chi connectivity index (χ0v) is 9.44. The third kappa shape index (κ3) is 1.81. The van der Waals surface area contributed by atoms with Crippen LogP contribution in [0.4, 0.5) is 4.39 Å². The van der Waals surface area contributed by atoms with Crippen molar-refractivity contribution >= 4 is 5.97 Å². The molecule has 5 heteroatoms. The molecule has 17 heavy (non-hydrogen) atoms. The summed E-state index contributed by atoms with van der Waals surface area (Å²) in [5.41, 5.74) is -0.711. The number of carboxylic acids is 1. The molecule has 92 valence electrons. The molecule has 1 atom stereocenters. The van der Waals surface area contributed by atoms with Gasteiger partial charge in [-0.25, -0.2) is 4.39 Å². The van der Waals surface area contributed by atoms with Gasteiger partial charge in [0.15, 0.2) is 0 Å². The Kier molecular flexibility index (Phi) is 3.13. The summed E-state index contributed by atoms with van der Waals surface area (Å²) in [4.78, 5) is 11.3. The molecule has 1 heterocycles. The van der Waals surface area contributed by atoms with Gasteiger partial charge in [0.2, 0.25) is 0 Å². The van der Waals surface area contributed by atoms with Crippen molar-refractivity contribution in [3.05, 3.63) is 35.6 Å². The van der Waals surface area contributed by atoms with E-state index >= 15 is 0 Å². The van der Waals surface area contributed by atoms with Crippen molar-refractivity contribution in [3.8, 4) is 0 Å². The molecule has 1 fully saturated rings. The van der Waals surface area contributed by atoms with Crippen LogP contribution in [0.25, 0.3) is 0 Å². The lowest BCUT2D eigenvalue weighted by atomic mass is 9.75. The van der Waals surface area contributed by atoms with Crippen LogP contribution in [0, 0.1) is 11.2 Å². The molecule has 1 aromatic rings. The quantitative estimate of drug-likeness (QED) is 0.828. The average Bonchev–Trinajstić information content (AvgIpc) is 2.24. The van der Waals surface area contributed by atoms with Gasteiger partial charge < -0.3 is 15.2 Å². The summed E-state index contributed by atoms with van der Waals surface area (Å²) in [7, 11) is 1.63. The van der Waals surface area contributed by atoms with Crippen LogP contribution in [-0.2, 0) is 9.53 Å². The normalized spacial score (nSPS) is 19.4. The van der Waals surface area contributed by atoms with Crippen LogP contribution < -0.4 is 5.32 Å². The number of rotatable bonds is 4. The summed E-state index contributed by atoms with van der Waals surface area (Å²) in [6.07, 6.45) is 0. The standard InChI is InChI=1S/C12H14FNO3/c1-14-10(8-4-2-3-5-9(8)13)12(11(15)16)6-17-7-12/h2-5,10,14H,6-7H2,1H3,(H,15,16). The zero-order chi connectivity index (χ0) is 12.5. The van der Waals surface area contributed by atoms with Crippen molar-refractivity contribution in [1.82, 2.24) is 5.32 Å². The fourth-order valence-electron chi connectivity index (χ4n) is 2.17. The highest BCUT2D eigenvalue weighted by Crippen LogP contribution is 2.41. The Morgan fingerprint density at radius 1 is 1.53 bits per heavy atom. The number of hydrogen-bond acceptors (Lipinski definition) is 3. The second kappa shape index (κ2) is 4.43. The lowest BCUT2D eigenvalue weighted by Crippen LogP contribution is -2.56. The van der Waals surface area contributed by atoms with Gasteiger partial charge >= 0.3 is 5.97 Å². The van der Waals surface area contributed by atoms with Gasteiger partial charge in [-0.15, -0.1) is 0 Å². The van der Waals surface area contributed by atoms with E-state index in [1.807, 2.05) is 0 Å². The maximum atomic E-state index is 13.7. The first-order valence-electron chi connectivity index (χ1n) is 5.34. The smallest absolute Gasteiger partial charge is 0.316 e. The first-order chi connectivity index (χ1) is 8.12. The highest BCUT2D eigenvalue weighted by atomic mass is 19.1. The molecule has 0 aromatic heterocycles. The van der Waals surface area contributed by atoms with Crippen molar-refractivity contribution in [2.75, 3.05) is 20.3 Å². The highest BCUT2D eigenvalue weighted by molar-refractivity contribution is 5.77. The molecule has 4 nitrogen and oxygen atoms in total. The van der Waals surface area contributed by atoms with Crippen LogP contribution in [0.1, 0.15) is 11.6 Å². The molecule has 1 saturated heterocycles. The van der Waals surface area contributed by atoms with Crippen LogP contribution in [-0.4, -0.2) is 31.3 Å². The highest BCUT2D eigenvalue weighted by Gasteiger charge is 2.53. The first-order valence-corrected chi connectivity index (χ1v) is 5.34. The maximum Gasteiger partial charge on any atom is 0.316 e. The minimum absolute atomic E-state index is 0.0994. The molecule has 0 aliphatic carbocycles. The van der Waals surface area contributed by atoms with Crippen molar-refractivity contribution in [2.24, 2.45) is 5.41 Å². The average molecular weight is 239 g/mol. The second-order valence-electron chi connectivity index (χ2n) is 4.20. The molecule has 0 amide bonds. The Bertz CT molecular complexity index is 432. The maximum absolute atomic E-state index is 13.7. The topological polar surface area (TPSA) is 58.6 Å². The number of hydrogen-bond donors (Lipinski definition) is 2. The van der Waals surface area contributed by atoms with E-state index in [0.717, 1.165) is 0 Å². The fraction of sp³-hybridized carbons (Fsp3) is 0.417. The monoisotopic (exact) mass is 239 g/mol. The molecular weight excluding hydrogens is 225 g/mol. The summed E-state index contributed by atoms with van der Waals surface area (Å²) in [6, 6.07) is 5.61. The van der Waals surface area contributed by atoms with E-state index in [0.29, 0.717) is 5.56 Å². The third-order valence-electron chi connectivity index (χ3n) is 3.20. The van der Waals surface area contributed by atoms with E-state index in [-0.39, 0.29) is 13.2 Å². The Labute approximate surface area is 98.4 Å². The molecule has 0 spiro atoms. The van der Waals surface area contributed by atoms with Gasteiger partial charge in [0.05, 0.1) is 19.3 Å². The molecule has 1 aliphatic heterocycles. The van der Waals surface area contributed by atoms with E-state index in [1.54, 1.807) is 25.2 Å². The van der Waals surface area contributed by atoms with Gasteiger partial charge in [-0.3, -0.25) is 4.79 Å². The number of benzene rings is 1. The van der Waals surface area contributed by atoms with Gasteiger partial charge in [-0.1, -0.05) is 18.2 Å². The summed E-state index contributed by atoms with van der Waals surface area (Å²) in [5, 5.41) is 12.2. The van der Waals surface area contributed by atoms with Gasteiger partial charge in [-0.05, 0) is 13.1 Å². The Hall–Kier alpha value is -1.46. The van der Waals surface area contributed by atoms with Crippen LogP contribution >= 0.6 is 0 Å². The van der Waals surface area contributed by atoms with Gasteiger partial charge in [0.25, 0.3) is 0 Å². The number of nitrogens with one attached hydrogen (secondary N) is 1. The zero-order valence-electron chi connectivity index (χ0n) is 9.44. The van der Waals surface area contributed by atoms with E-state index in [1.165, 1.54) is 6.07 Å². The summed E-state index contributed by atoms with van der Waals surface area (Å²) in [6.45, 7) is 0.199. The van der Waals surface area contributed by atoms with Gasteiger partial charge in [0, 0.05) is 5.56 Å². The van der Waals surface area contributed by atoms with Crippen LogP contribution in [0.15, 0.2) is 24.3 Å². The van der Waals surface area contributed by atoms with Gasteiger partial charge in [0.1, 0.15) is 11.2 Å². The Morgan fingerprint density at radius 2 is 2.18 bits per heavy atom. The number of carboxylic acid groups (broad SMARTS) is 1. The van der Waals surface area contributed by atoms with Crippen molar-refractivity contribution in [3.63, 3.8) is 0 Å². The second-order valence-corrected chi connectivity index (χ2v) is 4.20. The molecule has 1 aliphatic rings. The molecule has 2 N–H and O–H groups in total. The number of ether oxygens (including phenoxy) is 1. The molecule has 2 rings (SSSR count). The predicted molar refractivity (Wildman–Crippen MR) is 59.1 cm³/mol. The van der Waals surface area contributed by atoms with E-state index in [9.17, 15) is 14.3 Å². The molecule has 0 bridgehead atoms. The predicted octanol–water partition coefficient (Wildman–Crippen LogP) is 1.19. The molecule has 1 unspecified atom stereocenters.